The molecule has 0 saturated carbocycles. The molecule has 0 aromatic carbocycles. The number of likely N-dealkylation sites (tertiary alicyclic amines) is 1. The van der Waals surface area contributed by atoms with E-state index in [0.29, 0.717) is 12.3 Å². The van der Waals surface area contributed by atoms with Gasteiger partial charge in [0.25, 0.3) is 5.91 Å². The van der Waals surface area contributed by atoms with Gasteiger partial charge in [-0.2, -0.15) is 0 Å². The van der Waals surface area contributed by atoms with Crippen LogP contribution in [0.5, 0.6) is 0 Å². The number of carbonyl (C=O) groups excluding carboxylic acids is 2. The Balaban J connectivity index is 1.64. The molecule has 0 bridgehead atoms. The highest BCUT2D eigenvalue weighted by atomic mass is 16.3. The molecule has 136 valence electrons. The maximum absolute atomic E-state index is 12.8. The molecule has 6 nitrogen and oxygen atoms in total. The number of nitrogens with one attached hydrogen (secondary N) is 1. The highest BCUT2D eigenvalue weighted by Gasteiger charge is 2.32. The van der Waals surface area contributed by atoms with Crippen molar-refractivity contribution in [3.63, 3.8) is 0 Å². The first-order valence-electron chi connectivity index (χ1n) is 9.15. The number of amides is 2. The summed E-state index contributed by atoms with van der Waals surface area (Å²) in [5.74, 6) is 0.423. The monoisotopic (exact) mass is 345 g/mol. The average molecular weight is 345 g/mol. The molecular formula is C19H27N3O3. The third-order valence-corrected chi connectivity index (χ3v) is 4.98. The standard InChI is InChI=1S/C19H27N3O3/c1-15(23)20-9-12-21-10-4-6-16(14-21)17-7-2-3-11-22(17)19(24)18-8-5-13-25-18/h5-6,8,13,17H,2-4,7,9-12,14H2,1H3,(H,20,23)/t17-/m1/s1. The molecule has 2 aliphatic rings. The van der Waals surface area contributed by atoms with Crippen LogP contribution in [-0.2, 0) is 4.79 Å². The predicted molar refractivity (Wildman–Crippen MR) is 95.2 cm³/mol. The van der Waals surface area contributed by atoms with Crippen LogP contribution >= 0.6 is 0 Å². The van der Waals surface area contributed by atoms with Crippen LogP contribution in [0.4, 0.5) is 0 Å². The second kappa shape index (κ2) is 8.34. The summed E-state index contributed by atoms with van der Waals surface area (Å²) >= 11 is 0. The van der Waals surface area contributed by atoms with Crippen LogP contribution in [0.2, 0.25) is 0 Å². The second-order valence-corrected chi connectivity index (χ2v) is 6.81. The van der Waals surface area contributed by atoms with Crippen molar-refractivity contribution in [2.75, 3.05) is 32.7 Å². The molecule has 1 saturated heterocycles. The first kappa shape index (κ1) is 17.7. The summed E-state index contributed by atoms with van der Waals surface area (Å²) in [5, 5.41) is 2.86. The van der Waals surface area contributed by atoms with Crippen molar-refractivity contribution in [2.24, 2.45) is 0 Å². The van der Waals surface area contributed by atoms with E-state index in [-0.39, 0.29) is 17.9 Å². The molecule has 1 aromatic heterocycles. The van der Waals surface area contributed by atoms with E-state index in [1.54, 1.807) is 25.3 Å². The summed E-state index contributed by atoms with van der Waals surface area (Å²) < 4.78 is 5.32. The SMILES string of the molecule is CC(=O)NCCN1CCC=C([C@H]2CCCCN2C(=O)c2ccco2)C1. The van der Waals surface area contributed by atoms with Gasteiger partial charge in [0, 0.05) is 39.6 Å². The van der Waals surface area contributed by atoms with Crippen molar-refractivity contribution >= 4 is 11.8 Å². The lowest BCUT2D eigenvalue weighted by atomic mass is 9.92. The lowest BCUT2D eigenvalue weighted by Gasteiger charge is -2.40. The zero-order chi connectivity index (χ0) is 17.6. The molecule has 25 heavy (non-hydrogen) atoms. The number of hydrogen-bond acceptors (Lipinski definition) is 4. The molecule has 3 heterocycles. The van der Waals surface area contributed by atoms with Gasteiger partial charge >= 0.3 is 0 Å². The van der Waals surface area contributed by atoms with Crippen molar-refractivity contribution in [3.8, 4) is 0 Å². The van der Waals surface area contributed by atoms with Gasteiger partial charge < -0.3 is 14.6 Å². The Kier molecular flexibility index (Phi) is 5.91. The molecule has 1 N–H and O–H groups in total. The summed E-state index contributed by atoms with van der Waals surface area (Å²) in [5.41, 5.74) is 1.33. The molecule has 2 amide bonds. The van der Waals surface area contributed by atoms with Crippen LogP contribution in [0.15, 0.2) is 34.5 Å². The number of nitrogens with zero attached hydrogens (tertiary/aromatic N) is 2. The number of carbonyl (C=O) groups is 2. The van der Waals surface area contributed by atoms with E-state index in [1.165, 1.54) is 5.57 Å². The Morgan fingerprint density at radius 3 is 2.96 bits per heavy atom. The summed E-state index contributed by atoms with van der Waals surface area (Å²) in [6.07, 6.45) is 8.05. The van der Waals surface area contributed by atoms with Gasteiger partial charge in [0.2, 0.25) is 5.91 Å². The second-order valence-electron chi connectivity index (χ2n) is 6.81. The molecule has 3 rings (SSSR count). The van der Waals surface area contributed by atoms with Crippen molar-refractivity contribution in [1.29, 1.82) is 0 Å². The van der Waals surface area contributed by atoms with Gasteiger partial charge in [-0.3, -0.25) is 14.5 Å². The lowest BCUT2D eigenvalue weighted by Crippen LogP contribution is -2.48. The lowest BCUT2D eigenvalue weighted by molar-refractivity contribution is -0.119. The zero-order valence-corrected chi connectivity index (χ0v) is 14.9. The molecule has 1 fully saturated rings. The quantitative estimate of drug-likeness (QED) is 0.830. The van der Waals surface area contributed by atoms with Gasteiger partial charge in [-0.25, -0.2) is 0 Å². The molecule has 0 spiro atoms. The van der Waals surface area contributed by atoms with E-state index >= 15 is 0 Å². The minimum Gasteiger partial charge on any atom is -0.459 e. The Bertz CT molecular complexity index is 624. The summed E-state index contributed by atoms with van der Waals surface area (Å²) in [7, 11) is 0. The van der Waals surface area contributed by atoms with Gasteiger partial charge in [0.05, 0.1) is 12.3 Å². The third-order valence-electron chi connectivity index (χ3n) is 4.98. The first-order valence-corrected chi connectivity index (χ1v) is 9.15. The van der Waals surface area contributed by atoms with Crippen LogP contribution in [-0.4, -0.2) is 60.4 Å². The van der Waals surface area contributed by atoms with Crippen molar-refractivity contribution < 1.29 is 14.0 Å². The Morgan fingerprint density at radius 1 is 1.32 bits per heavy atom. The van der Waals surface area contributed by atoms with Crippen molar-refractivity contribution in [2.45, 2.75) is 38.6 Å². The van der Waals surface area contributed by atoms with Crippen LogP contribution in [0.25, 0.3) is 0 Å². The highest BCUT2D eigenvalue weighted by molar-refractivity contribution is 5.92. The van der Waals surface area contributed by atoms with E-state index in [2.05, 4.69) is 16.3 Å². The number of rotatable bonds is 5. The maximum Gasteiger partial charge on any atom is 0.290 e. The van der Waals surface area contributed by atoms with E-state index < -0.39 is 0 Å². The molecule has 0 aliphatic carbocycles. The van der Waals surface area contributed by atoms with Crippen molar-refractivity contribution in [3.05, 3.63) is 35.8 Å². The van der Waals surface area contributed by atoms with E-state index in [1.807, 2.05) is 4.90 Å². The summed E-state index contributed by atoms with van der Waals surface area (Å²) in [4.78, 5) is 28.2. The van der Waals surface area contributed by atoms with Crippen LogP contribution in [0.1, 0.15) is 43.2 Å². The third kappa shape index (κ3) is 4.51. The van der Waals surface area contributed by atoms with Crippen LogP contribution in [0.3, 0.4) is 0 Å². The highest BCUT2D eigenvalue weighted by Crippen LogP contribution is 2.27. The van der Waals surface area contributed by atoms with E-state index in [0.717, 1.165) is 51.9 Å². The van der Waals surface area contributed by atoms with Gasteiger partial charge in [0.15, 0.2) is 5.76 Å². The van der Waals surface area contributed by atoms with Gasteiger partial charge in [0.1, 0.15) is 0 Å². The van der Waals surface area contributed by atoms with Crippen LogP contribution in [0, 0.1) is 0 Å². The van der Waals surface area contributed by atoms with Crippen molar-refractivity contribution in [1.82, 2.24) is 15.1 Å². The zero-order valence-electron chi connectivity index (χ0n) is 14.9. The molecule has 6 heteroatoms. The van der Waals surface area contributed by atoms with E-state index in [4.69, 9.17) is 4.42 Å². The Morgan fingerprint density at radius 2 is 2.20 bits per heavy atom. The smallest absolute Gasteiger partial charge is 0.290 e. The first-order chi connectivity index (χ1) is 12.1. The molecule has 2 aliphatic heterocycles. The van der Waals surface area contributed by atoms with Crippen LogP contribution < -0.4 is 5.32 Å². The molecule has 1 atom stereocenters. The van der Waals surface area contributed by atoms with Gasteiger partial charge in [-0.05, 0) is 43.4 Å². The fourth-order valence-corrected chi connectivity index (χ4v) is 3.76. The normalized spacial score (nSPS) is 21.7. The number of piperidine rings is 1. The molecule has 1 aromatic rings. The fraction of sp³-hybridized carbons (Fsp3) is 0.579. The topological polar surface area (TPSA) is 65.8 Å². The predicted octanol–water partition coefficient (Wildman–Crippen LogP) is 2.04. The summed E-state index contributed by atoms with van der Waals surface area (Å²) in [6, 6.07) is 3.66. The summed E-state index contributed by atoms with van der Waals surface area (Å²) in [6.45, 7) is 5.71. The largest absolute Gasteiger partial charge is 0.459 e. The van der Waals surface area contributed by atoms with Gasteiger partial charge in [-0.15, -0.1) is 0 Å². The Labute approximate surface area is 148 Å². The average Bonchev–Trinajstić information content (AvgIpc) is 3.16. The Hall–Kier alpha value is -2.08. The minimum absolute atomic E-state index is 0.00836. The van der Waals surface area contributed by atoms with E-state index in [9.17, 15) is 9.59 Å². The maximum atomic E-state index is 12.8. The molecule has 0 unspecified atom stereocenters. The number of hydrogen-bond donors (Lipinski definition) is 1. The minimum atomic E-state index is -0.00836. The van der Waals surface area contributed by atoms with Gasteiger partial charge in [-0.1, -0.05) is 6.08 Å². The molecular weight excluding hydrogens is 318 g/mol. The number of furan rings is 1. The molecule has 0 radical (unpaired) electrons. The fourth-order valence-electron chi connectivity index (χ4n) is 3.76.